The first-order valence-corrected chi connectivity index (χ1v) is 5.14. The van der Waals surface area contributed by atoms with Gasteiger partial charge in [0, 0.05) is 13.1 Å². The fourth-order valence-electron chi connectivity index (χ4n) is 2.04. The first-order chi connectivity index (χ1) is 6.15. The summed E-state index contributed by atoms with van der Waals surface area (Å²) in [5.41, 5.74) is 5.65. The molecule has 0 heterocycles. The highest BCUT2D eigenvalue weighted by Gasteiger charge is 2.26. The van der Waals surface area contributed by atoms with Gasteiger partial charge < -0.3 is 11.1 Å². The monoisotopic (exact) mass is 183 g/mol. The molecule has 3 nitrogen and oxygen atoms in total. The normalized spacial score (nSPS) is 35.9. The molecule has 0 amide bonds. The van der Waals surface area contributed by atoms with Gasteiger partial charge in [-0.1, -0.05) is 26.7 Å². The minimum atomic E-state index is 0.521. The van der Waals surface area contributed by atoms with Crippen LogP contribution in [0.2, 0.25) is 0 Å². The fraction of sp³-hybridized carbons (Fsp3) is 0.900. The molecule has 0 aromatic heterocycles. The Kier molecular flexibility index (Phi) is 3.58. The zero-order valence-corrected chi connectivity index (χ0v) is 8.88. The van der Waals surface area contributed by atoms with Gasteiger partial charge in [-0.15, -0.1) is 0 Å². The predicted octanol–water partition coefficient (Wildman–Crippen LogP) is 1.35. The molecule has 3 N–H and O–H groups in total. The van der Waals surface area contributed by atoms with E-state index in [1.54, 1.807) is 7.05 Å². The van der Waals surface area contributed by atoms with Gasteiger partial charge in [-0.3, -0.25) is 4.99 Å². The number of nitrogens with zero attached hydrogens (tertiary/aromatic N) is 1. The Hall–Kier alpha value is -0.730. The average molecular weight is 183 g/mol. The summed E-state index contributed by atoms with van der Waals surface area (Å²) in [6.07, 6.45) is 3.88. The van der Waals surface area contributed by atoms with Crippen LogP contribution in [-0.4, -0.2) is 19.0 Å². The van der Waals surface area contributed by atoms with E-state index in [0.717, 1.165) is 5.92 Å². The van der Waals surface area contributed by atoms with Gasteiger partial charge in [0.1, 0.15) is 0 Å². The largest absolute Gasteiger partial charge is 0.370 e. The van der Waals surface area contributed by atoms with E-state index in [-0.39, 0.29) is 0 Å². The van der Waals surface area contributed by atoms with E-state index < -0.39 is 0 Å². The van der Waals surface area contributed by atoms with Crippen LogP contribution in [0.25, 0.3) is 0 Å². The summed E-state index contributed by atoms with van der Waals surface area (Å²) in [5.74, 6) is 2.08. The lowest BCUT2D eigenvalue weighted by atomic mass is 9.78. The second-order valence-electron chi connectivity index (χ2n) is 4.13. The third-order valence-electron chi connectivity index (χ3n) is 3.28. The van der Waals surface area contributed by atoms with Crippen LogP contribution in [0.15, 0.2) is 4.99 Å². The van der Waals surface area contributed by atoms with Gasteiger partial charge in [-0.25, -0.2) is 0 Å². The zero-order chi connectivity index (χ0) is 9.84. The molecule has 0 bridgehead atoms. The summed E-state index contributed by atoms with van der Waals surface area (Å²) in [6, 6.07) is 0.521. The minimum absolute atomic E-state index is 0.521. The Morgan fingerprint density at radius 2 is 2.08 bits per heavy atom. The molecule has 3 heteroatoms. The Labute approximate surface area is 80.8 Å². The molecule has 1 aliphatic rings. The quantitative estimate of drug-likeness (QED) is 0.476. The number of guanidine groups is 1. The van der Waals surface area contributed by atoms with Crippen molar-refractivity contribution < 1.29 is 0 Å². The van der Waals surface area contributed by atoms with Gasteiger partial charge in [-0.2, -0.15) is 0 Å². The van der Waals surface area contributed by atoms with Gasteiger partial charge >= 0.3 is 0 Å². The third-order valence-corrected chi connectivity index (χ3v) is 3.28. The SMILES string of the molecule is CN=C(N)NC1CCCC(C)C1C. The van der Waals surface area contributed by atoms with Gasteiger partial charge in [-0.05, 0) is 18.3 Å². The maximum atomic E-state index is 5.65. The Bertz CT molecular complexity index is 189. The highest BCUT2D eigenvalue weighted by atomic mass is 15.1. The number of rotatable bonds is 1. The minimum Gasteiger partial charge on any atom is -0.370 e. The van der Waals surface area contributed by atoms with E-state index in [1.807, 2.05) is 0 Å². The summed E-state index contributed by atoms with van der Waals surface area (Å²) in [5, 5.41) is 3.28. The van der Waals surface area contributed by atoms with Crippen molar-refractivity contribution >= 4 is 5.96 Å². The standard InChI is InChI=1S/C10H21N3/c1-7-5-4-6-9(8(7)2)13-10(11)12-3/h7-9H,4-6H2,1-3H3,(H3,11,12,13). The van der Waals surface area contributed by atoms with E-state index in [2.05, 4.69) is 24.2 Å². The van der Waals surface area contributed by atoms with E-state index >= 15 is 0 Å². The molecule has 1 fully saturated rings. The lowest BCUT2D eigenvalue weighted by molar-refractivity contribution is 0.224. The summed E-state index contributed by atoms with van der Waals surface area (Å²) < 4.78 is 0. The molecule has 0 aromatic rings. The average Bonchev–Trinajstić information content (AvgIpc) is 2.13. The zero-order valence-electron chi connectivity index (χ0n) is 8.88. The lowest BCUT2D eigenvalue weighted by Crippen LogP contribution is -2.46. The highest BCUT2D eigenvalue weighted by molar-refractivity contribution is 5.77. The van der Waals surface area contributed by atoms with Crippen molar-refractivity contribution in [1.29, 1.82) is 0 Å². The molecule has 0 radical (unpaired) electrons. The maximum absolute atomic E-state index is 5.65. The second-order valence-corrected chi connectivity index (χ2v) is 4.13. The molecule has 3 unspecified atom stereocenters. The van der Waals surface area contributed by atoms with Crippen molar-refractivity contribution in [2.45, 2.75) is 39.2 Å². The molecule has 1 rings (SSSR count). The van der Waals surface area contributed by atoms with Crippen LogP contribution >= 0.6 is 0 Å². The summed E-state index contributed by atoms with van der Waals surface area (Å²) in [4.78, 5) is 3.93. The Morgan fingerprint density at radius 1 is 1.38 bits per heavy atom. The lowest BCUT2D eigenvalue weighted by Gasteiger charge is -2.34. The number of hydrogen-bond donors (Lipinski definition) is 2. The van der Waals surface area contributed by atoms with E-state index in [1.165, 1.54) is 19.3 Å². The molecule has 0 spiro atoms. The van der Waals surface area contributed by atoms with E-state index in [0.29, 0.717) is 17.9 Å². The number of hydrogen-bond acceptors (Lipinski definition) is 1. The van der Waals surface area contributed by atoms with Crippen molar-refractivity contribution in [3.05, 3.63) is 0 Å². The molecule has 0 saturated heterocycles. The van der Waals surface area contributed by atoms with Crippen molar-refractivity contribution in [2.75, 3.05) is 7.05 Å². The Balaban J connectivity index is 2.48. The van der Waals surface area contributed by atoms with Crippen molar-refractivity contribution in [2.24, 2.45) is 22.6 Å². The predicted molar refractivity (Wildman–Crippen MR) is 56.6 cm³/mol. The molecule has 76 valence electrons. The van der Waals surface area contributed by atoms with Crippen molar-refractivity contribution in [1.82, 2.24) is 5.32 Å². The van der Waals surface area contributed by atoms with E-state index in [9.17, 15) is 0 Å². The molecule has 13 heavy (non-hydrogen) atoms. The maximum Gasteiger partial charge on any atom is 0.188 e. The fourth-order valence-corrected chi connectivity index (χ4v) is 2.04. The van der Waals surface area contributed by atoms with Crippen LogP contribution in [0, 0.1) is 11.8 Å². The van der Waals surface area contributed by atoms with Crippen molar-refractivity contribution in [3.63, 3.8) is 0 Å². The smallest absolute Gasteiger partial charge is 0.188 e. The molecular weight excluding hydrogens is 162 g/mol. The van der Waals surface area contributed by atoms with Gasteiger partial charge in [0.05, 0.1) is 0 Å². The third kappa shape index (κ3) is 2.61. The van der Waals surface area contributed by atoms with Crippen LogP contribution in [0.1, 0.15) is 33.1 Å². The molecule has 1 aliphatic carbocycles. The van der Waals surface area contributed by atoms with Gasteiger partial charge in [0.25, 0.3) is 0 Å². The molecule has 0 aliphatic heterocycles. The highest BCUT2D eigenvalue weighted by Crippen LogP contribution is 2.29. The summed E-state index contributed by atoms with van der Waals surface area (Å²) >= 11 is 0. The van der Waals surface area contributed by atoms with Gasteiger partial charge in [0.15, 0.2) is 5.96 Å². The molecular formula is C10H21N3. The topological polar surface area (TPSA) is 50.4 Å². The molecule has 1 saturated carbocycles. The number of aliphatic imine (C=N–C) groups is 1. The van der Waals surface area contributed by atoms with Crippen LogP contribution < -0.4 is 11.1 Å². The van der Waals surface area contributed by atoms with Crippen LogP contribution in [0.3, 0.4) is 0 Å². The van der Waals surface area contributed by atoms with Crippen molar-refractivity contribution in [3.8, 4) is 0 Å². The van der Waals surface area contributed by atoms with Crippen LogP contribution in [0.4, 0.5) is 0 Å². The first-order valence-electron chi connectivity index (χ1n) is 5.14. The number of nitrogens with two attached hydrogens (primary N) is 1. The summed E-state index contributed by atoms with van der Waals surface area (Å²) in [6.45, 7) is 4.61. The number of nitrogens with one attached hydrogen (secondary N) is 1. The first kappa shape index (κ1) is 10.4. The molecule has 0 aromatic carbocycles. The van der Waals surface area contributed by atoms with E-state index in [4.69, 9.17) is 5.73 Å². The van der Waals surface area contributed by atoms with Gasteiger partial charge in [0.2, 0.25) is 0 Å². The van der Waals surface area contributed by atoms with Crippen LogP contribution in [0.5, 0.6) is 0 Å². The molecule has 3 atom stereocenters. The second kappa shape index (κ2) is 4.49. The Morgan fingerprint density at radius 3 is 2.69 bits per heavy atom. The summed E-state index contributed by atoms with van der Waals surface area (Å²) in [7, 11) is 1.72. The van der Waals surface area contributed by atoms with Crippen LogP contribution in [-0.2, 0) is 0 Å².